The Labute approximate surface area is 99.2 Å². The summed E-state index contributed by atoms with van der Waals surface area (Å²) in [6.45, 7) is 2.82. The van der Waals surface area contributed by atoms with E-state index in [1.165, 1.54) is 12.1 Å². The van der Waals surface area contributed by atoms with Gasteiger partial charge >= 0.3 is 0 Å². The second kappa shape index (κ2) is 5.14. The van der Waals surface area contributed by atoms with E-state index < -0.39 is 0 Å². The number of rotatable bonds is 4. The van der Waals surface area contributed by atoms with Gasteiger partial charge in [0.2, 0.25) is 0 Å². The molecule has 2 rings (SSSR count). The van der Waals surface area contributed by atoms with Crippen LogP contribution in [0.3, 0.4) is 0 Å². The minimum atomic E-state index is -0.248. The normalized spacial score (nSPS) is 20.8. The van der Waals surface area contributed by atoms with Crippen LogP contribution in [0.5, 0.6) is 0 Å². The third-order valence-corrected chi connectivity index (χ3v) is 2.61. The standard InChI is InChI=1S/C12H15FN2O2/c1-8(9-2-4-10(13)5-3-9)16-6-11-7-17-12(14)15-11/h2-5,8,11H,6-7H2,1H3,(H2,14,15)/t8-,11-/m0/s1. The van der Waals surface area contributed by atoms with E-state index in [0.29, 0.717) is 13.2 Å². The van der Waals surface area contributed by atoms with Crippen molar-refractivity contribution in [3.05, 3.63) is 35.6 Å². The zero-order chi connectivity index (χ0) is 12.3. The molecule has 1 aliphatic rings. The number of ether oxygens (including phenoxy) is 2. The number of halogens is 1. The SMILES string of the molecule is C[C@H](OC[C@H]1COC(N)=N1)c1ccc(F)cc1. The van der Waals surface area contributed by atoms with Crippen molar-refractivity contribution in [2.45, 2.75) is 19.1 Å². The molecule has 2 N–H and O–H groups in total. The van der Waals surface area contributed by atoms with Gasteiger partial charge in [0.05, 0.1) is 12.7 Å². The topological polar surface area (TPSA) is 56.8 Å². The Bertz CT molecular complexity index is 405. The first kappa shape index (κ1) is 11.9. The molecule has 17 heavy (non-hydrogen) atoms. The van der Waals surface area contributed by atoms with Crippen LogP contribution in [0.1, 0.15) is 18.6 Å². The van der Waals surface area contributed by atoms with E-state index in [4.69, 9.17) is 15.2 Å². The molecule has 0 unspecified atom stereocenters. The molecule has 1 aliphatic heterocycles. The van der Waals surface area contributed by atoms with Gasteiger partial charge in [-0.2, -0.15) is 0 Å². The first-order valence-electron chi connectivity index (χ1n) is 5.48. The molecule has 0 aromatic heterocycles. The largest absolute Gasteiger partial charge is 0.463 e. The molecule has 1 aromatic rings. The smallest absolute Gasteiger partial charge is 0.282 e. The maximum absolute atomic E-state index is 12.7. The fraction of sp³-hybridized carbons (Fsp3) is 0.417. The number of nitrogens with zero attached hydrogens (tertiary/aromatic N) is 1. The Hall–Kier alpha value is -1.62. The van der Waals surface area contributed by atoms with E-state index in [1.807, 2.05) is 6.92 Å². The number of hydrogen-bond donors (Lipinski definition) is 1. The van der Waals surface area contributed by atoms with Crippen LogP contribution in [-0.4, -0.2) is 25.3 Å². The molecular weight excluding hydrogens is 223 g/mol. The Kier molecular flexibility index (Phi) is 3.58. The molecule has 0 amide bonds. The second-order valence-electron chi connectivity index (χ2n) is 3.96. The Balaban J connectivity index is 1.85. The predicted octanol–water partition coefficient (Wildman–Crippen LogP) is 1.62. The van der Waals surface area contributed by atoms with Crippen LogP contribution in [0.25, 0.3) is 0 Å². The lowest BCUT2D eigenvalue weighted by Gasteiger charge is -2.14. The van der Waals surface area contributed by atoms with Gasteiger partial charge in [-0.3, -0.25) is 0 Å². The summed E-state index contributed by atoms with van der Waals surface area (Å²) in [5.41, 5.74) is 6.32. The molecule has 2 atom stereocenters. The lowest BCUT2D eigenvalue weighted by Crippen LogP contribution is -2.16. The number of aliphatic imine (C=N–C) groups is 1. The molecule has 0 spiro atoms. The second-order valence-corrected chi connectivity index (χ2v) is 3.96. The fourth-order valence-corrected chi connectivity index (χ4v) is 1.61. The van der Waals surface area contributed by atoms with E-state index in [0.717, 1.165) is 5.56 Å². The summed E-state index contributed by atoms with van der Waals surface area (Å²) in [5, 5.41) is 0. The molecule has 0 radical (unpaired) electrons. The van der Waals surface area contributed by atoms with Crippen LogP contribution in [0.4, 0.5) is 4.39 Å². The summed E-state index contributed by atoms with van der Waals surface area (Å²) < 4.78 is 23.4. The van der Waals surface area contributed by atoms with E-state index in [1.54, 1.807) is 12.1 Å². The van der Waals surface area contributed by atoms with Crippen molar-refractivity contribution in [2.75, 3.05) is 13.2 Å². The molecule has 92 valence electrons. The van der Waals surface area contributed by atoms with E-state index in [2.05, 4.69) is 4.99 Å². The highest BCUT2D eigenvalue weighted by molar-refractivity contribution is 5.73. The number of hydrogen-bond acceptors (Lipinski definition) is 4. The monoisotopic (exact) mass is 238 g/mol. The lowest BCUT2D eigenvalue weighted by atomic mass is 10.1. The van der Waals surface area contributed by atoms with Gasteiger partial charge in [0.25, 0.3) is 6.02 Å². The lowest BCUT2D eigenvalue weighted by molar-refractivity contribution is 0.0516. The molecule has 0 fully saturated rings. The van der Waals surface area contributed by atoms with Crippen molar-refractivity contribution in [3.8, 4) is 0 Å². The summed E-state index contributed by atoms with van der Waals surface area (Å²) in [6, 6.07) is 6.44. The maximum Gasteiger partial charge on any atom is 0.282 e. The van der Waals surface area contributed by atoms with Gasteiger partial charge in [-0.15, -0.1) is 0 Å². The van der Waals surface area contributed by atoms with Crippen LogP contribution in [-0.2, 0) is 9.47 Å². The van der Waals surface area contributed by atoms with Gasteiger partial charge in [-0.05, 0) is 24.6 Å². The van der Waals surface area contributed by atoms with Crippen molar-refractivity contribution in [1.82, 2.24) is 0 Å². The highest BCUT2D eigenvalue weighted by Gasteiger charge is 2.18. The quantitative estimate of drug-likeness (QED) is 0.867. The summed E-state index contributed by atoms with van der Waals surface area (Å²) in [5.74, 6) is -0.248. The maximum atomic E-state index is 12.7. The van der Waals surface area contributed by atoms with Crippen molar-refractivity contribution < 1.29 is 13.9 Å². The fourth-order valence-electron chi connectivity index (χ4n) is 1.61. The van der Waals surface area contributed by atoms with Gasteiger partial charge < -0.3 is 15.2 Å². The molecule has 0 saturated carbocycles. The number of benzene rings is 1. The van der Waals surface area contributed by atoms with Crippen molar-refractivity contribution >= 4 is 6.02 Å². The molecule has 1 aromatic carbocycles. The van der Waals surface area contributed by atoms with Crippen molar-refractivity contribution in [1.29, 1.82) is 0 Å². The van der Waals surface area contributed by atoms with Gasteiger partial charge in [-0.1, -0.05) is 12.1 Å². The Morgan fingerprint density at radius 3 is 2.82 bits per heavy atom. The summed E-state index contributed by atoms with van der Waals surface area (Å²) in [7, 11) is 0. The molecule has 4 nitrogen and oxygen atoms in total. The highest BCUT2D eigenvalue weighted by atomic mass is 19.1. The molecule has 5 heteroatoms. The molecule has 0 aliphatic carbocycles. The minimum absolute atomic E-state index is 0.0436. The highest BCUT2D eigenvalue weighted by Crippen LogP contribution is 2.18. The Morgan fingerprint density at radius 1 is 1.53 bits per heavy atom. The van der Waals surface area contributed by atoms with Gasteiger partial charge in [-0.25, -0.2) is 9.38 Å². The first-order chi connectivity index (χ1) is 8.15. The molecule has 0 saturated heterocycles. The molecule has 0 bridgehead atoms. The molecular formula is C12H15FN2O2. The molecule has 1 heterocycles. The van der Waals surface area contributed by atoms with Crippen LogP contribution < -0.4 is 5.73 Å². The first-order valence-corrected chi connectivity index (χ1v) is 5.48. The third kappa shape index (κ3) is 3.17. The summed E-state index contributed by atoms with van der Waals surface area (Å²) in [4.78, 5) is 4.06. The zero-order valence-corrected chi connectivity index (χ0v) is 9.60. The minimum Gasteiger partial charge on any atom is -0.463 e. The van der Waals surface area contributed by atoms with Gasteiger partial charge in [0.1, 0.15) is 18.5 Å². The van der Waals surface area contributed by atoms with Crippen LogP contribution in [0, 0.1) is 5.82 Å². The van der Waals surface area contributed by atoms with E-state index >= 15 is 0 Å². The van der Waals surface area contributed by atoms with Crippen molar-refractivity contribution in [3.63, 3.8) is 0 Å². The van der Waals surface area contributed by atoms with Crippen molar-refractivity contribution in [2.24, 2.45) is 10.7 Å². The zero-order valence-electron chi connectivity index (χ0n) is 9.60. The van der Waals surface area contributed by atoms with Crippen LogP contribution in [0.15, 0.2) is 29.3 Å². The average Bonchev–Trinajstić information content (AvgIpc) is 2.73. The van der Waals surface area contributed by atoms with Crippen LogP contribution >= 0.6 is 0 Å². The summed E-state index contributed by atoms with van der Waals surface area (Å²) in [6.07, 6.45) is -0.104. The van der Waals surface area contributed by atoms with E-state index in [9.17, 15) is 4.39 Å². The number of nitrogens with two attached hydrogens (primary N) is 1. The third-order valence-electron chi connectivity index (χ3n) is 2.61. The van der Waals surface area contributed by atoms with Gasteiger partial charge in [0.15, 0.2) is 0 Å². The van der Waals surface area contributed by atoms with Crippen LogP contribution in [0.2, 0.25) is 0 Å². The average molecular weight is 238 g/mol. The Morgan fingerprint density at radius 2 is 2.24 bits per heavy atom. The summed E-state index contributed by atoms with van der Waals surface area (Å²) >= 11 is 0. The number of amidine groups is 1. The van der Waals surface area contributed by atoms with Gasteiger partial charge in [0, 0.05) is 0 Å². The predicted molar refractivity (Wildman–Crippen MR) is 62.1 cm³/mol. The van der Waals surface area contributed by atoms with E-state index in [-0.39, 0.29) is 24.0 Å².